The Morgan fingerprint density at radius 2 is 2.10 bits per heavy atom. The molecule has 0 aliphatic heterocycles. The smallest absolute Gasteiger partial charge is 0.287 e. The Balaban J connectivity index is 1.85. The maximum absolute atomic E-state index is 12.3. The van der Waals surface area contributed by atoms with Crippen molar-refractivity contribution in [2.75, 3.05) is 6.61 Å². The summed E-state index contributed by atoms with van der Waals surface area (Å²) < 4.78 is 5.53. The van der Waals surface area contributed by atoms with Gasteiger partial charge < -0.3 is 14.8 Å². The van der Waals surface area contributed by atoms with Crippen LogP contribution in [0.1, 0.15) is 36.2 Å². The maximum atomic E-state index is 12.3. The molecule has 3 rings (SSSR count). The zero-order chi connectivity index (χ0) is 14.2. The number of carbonyl (C=O) groups excluding carboxylic acids is 1. The predicted octanol–water partition coefficient (Wildman–Crippen LogP) is 3.12. The highest BCUT2D eigenvalue weighted by Crippen LogP contribution is 2.30. The van der Waals surface area contributed by atoms with E-state index < -0.39 is 5.54 Å². The Morgan fingerprint density at radius 1 is 1.35 bits per heavy atom. The molecule has 106 valence electrons. The molecule has 1 aliphatic rings. The van der Waals surface area contributed by atoms with Gasteiger partial charge in [-0.2, -0.15) is 0 Å². The van der Waals surface area contributed by atoms with Gasteiger partial charge in [0.05, 0.1) is 12.1 Å². The van der Waals surface area contributed by atoms with E-state index in [2.05, 4.69) is 5.32 Å². The Kier molecular flexibility index (Phi) is 3.44. The van der Waals surface area contributed by atoms with Gasteiger partial charge in [-0.1, -0.05) is 24.4 Å². The Morgan fingerprint density at radius 3 is 2.80 bits per heavy atom. The molecule has 20 heavy (non-hydrogen) atoms. The molecule has 2 N–H and O–H groups in total. The number of hydrogen-bond acceptors (Lipinski definition) is 3. The molecule has 1 amide bonds. The van der Waals surface area contributed by atoms with Gasteiger partial charge in [0, 0.05) is 10.4 Å². The van der Waals surface area contributed by atoms with Crippen LogP contribution in [-0.4, -0.2) is 23.2 Å². The van der Waals surface area contributed by atoms with Crippen molar-refractivity contribution in [3.63, 3.8) is 0 Å². The molecule has 1 heterocycles. The minimum Gasteiger partial charge on any atom is -0.451 e. The molecule has 2 aromatic rings. The lowest BCUT2D eigenvalue weighted by atomic mass is 9.99. The summed E-state index contributed by atoms with van der Waals surface area (Å²) in [6.07, 6.45) is 3.66. The molecule has 1 fully saturated rings. The van der Waals surface area contributed by atoms with Crippen LogP contribution in [0, 0.1) is 0 Å². The molecule has 0 radical (unpaired) electrons. The highest BCUT2D eigenvalue weighted by molar-refractivity contribution is 6.31. The van der Waals surface area contributed by atoms with Gasteiger partial charge >= 0.3 is 0 Å². The number of aliphatic hydroxyl groups excluding tert-OH is 1. The zero-order valence-corrected chi connectivity index (χ0v) is 11.7. The highest BCUT2D eigenvalue weighted by atomic mass is 35.5. The number of furan rings is 1. The number of aliphatic hydroxyl groups is 1. The Bertz CT molecular complexity index is 644. The largest absolute Gasteiger partial charge is 0.451 e. The van der Waals surface area contributed by atoms with Crippen molar-refractivity contribution in [1.82, 2.24) is 5.32 Å². The first-order chi connectivity index (χ1) is 9.62. The van der Waals surface area contributed by atoms with Gasteiger partial charge in [-0.25, -0.2) is 0 Å². The fraction of sp³-hybridized carbons (Fsp3) is 0.400. The molecule has 1 aromatic carbocycles. The van der Waals surface area contributed by atoms with E-state index in [9.17, 15) is 9.90 Å². The fourth-order valence-corrected chi connectivity index (χ4v) is 2.98. The molecule has 1 saturated carbocycles. The second kappa shape index (κ2) is 5.11. The molecule has 0 atom stereocenters. The molecular formula is C15H16ClNO3. The number of rotatable bonds is 3. The van der Waals surface area contributed by atoms with Gasteiger partial charge in [-0.05, 0) is 37.1 Å². The van der Waals surface area contributed by atoms with E-state index in [0.29, 0.717) is 10.6 Å². The molecule has 0 unspecified atom stereocenters. The van der Waals surface area contributed by atoms with E-state index in [0.717, 1.165) is 31.1 Å². The van der Waals surface area contributed by atoms with E-state index in [1.165, 1.54) is 0 Å². The monoisotopic (exact) mass is 293 g/mol. The van der Waals surface area contributed by atoms with E-state index in [-0.39, 0.29) is 18.3 Å². The molecule has 0 spiro atoms. The second-order valence-corrected chi connectivity index (χ2v) is 5.83. The normalized spacial score (nSPS) is 17.5. The maximum Gasteiger partial charge on any atom is 0.287 e. The van der Waals surface area contributed by atoms with Gasteiger partial charge in [0.2, 0.25) is 0 Å². The van der Waals surface area contributed by atoms with Crippen LogP contribution in [0.15, 0.2) is 28.7 Å². The lowest BCUT2D eigenvalue weighted by Crippen LogP contribution is -2.49. The van der Waals surface area contributed by atoms with Crippen LogP contribution in [0.2, 0.25) is 5.02 Å². The second-order valence-electron chi connectivity index (χ2n) is 5.39. The minimum absolute atomic E-state index is 0.0369. The summed E-state index contributed by atoms with van der Waals surface area (Å²) in [6.45, 7) is -0.0369. The van der Waals surface area contributed by atoms with Gasteiger partial charge in [-0.15, -0.1) is 0 Å². The summed E-state index contributed by atoms with van der Waals surface area (Å²) in [7, 11) is 0. The molecule has 1 aliphatic carbocycles. The molecular weight excluding hydrogens is 278 g/mol. The summed E-state index contributed by atoms with van der Waals surface area (Å²) in [5.74, 6) is -0.0322. The topological polar surface area (TPSA) is 62.5 Å². The first-order valence-corrected chi connectivity index (χ1v) is 7.12. The van der Waals surface area contributed by atoms with Gasteiger partial charge in [0.25, 0.3) is 5.91 Å². The molecule has 1 aromatic heterocycles. The van der Waals surface area contributed by atoms with Crippen molar-refractivity contribution in [2.24, 2.45) is 0 Å². The first-order valence-electron chi connectivity index (χ1n) is 6.74. The lowest BCUT2D eigenvalue weighted by Gasteiger charge is -2.27. The summed E-state index contributed by atoms with van der Waals surface area (Å²) in [6, 6.07) is 6.90. The first kappa shape index (κ1) is 13.5. The summed E-state index contributed by atoms with van der Waals surface area (Å²) in [5, 5.41) is 13.8. The number of benzene rings is 1. The van der Waals surface area contributed by atoms with E-state index in [4.69, 9.17) is 16.0 Å². The van der Waals surface area contributed by atoms with Crippen LogP contribution < -0.4 is 5.32 Å². The standard InChI is InChI=1S/C15H16ClNO3/c16-11-3-4-12-10(7-11)8-13(20-12)14(19)17-15(9-18)5-1-2-6-15/h3-4,7-8,18H,1-2,5-6,9H2,(H,17,19). The fourth-order valence-electron chi connectivity index (χ4n) is 2.80. The van der Waals surface area contributed by atoms with Crippen molar-refractivity contribution < 1.29 is 14.3 Å². The Hall–Kier alpha value is -1.52. The highest BCUT2D eigenvalue weighted by Gasteiger charge is 2.35. The van der Waals surface area contributed by atoms with Gasteiger partial charge in [-0.3, -0.25) is 4.79 Å². The molecule has 5 heteroatoms. The van der Waals surface area contributed by atoms with Crippen LogP contribution in [-0.2, 0) is 0 Å². The summed E-state index contributed by atoms with van der Waals surface area (Å²) >= 11 is 5.91. The quantitative estimate of drug-likeness (QED) is 0.914. The van der Waals surface area contributed by atoms with Crippen molar-refractivity contribution in [2.45, 2.75) is 31.2 Å². The number of fused-ring (bicyclic) bond motifs is 1. The summed E-state index contributed by atoms with van der Waals surface area (Å²) in [5.41, 5.74) is 0.136. The van der Waals surface area contributed by atoms with Crippen LogP contribution in [0.3, 0.4) is 0 Å². The third-order valence-electron chi connectivity index (χ3n) is 3.94. The number of amides is 1. The third-order valence-corrected chi connectivity index (χ3v) is 4.18. The SMILES string of the molecule is O=C(NC1(CO)CCCC1)c1cc2cc(Cl)ccc2o1. The molecule has 4 nitrogen and oxygen atoms in total. The van der Waals surface area contributed by atoms with Crippen molar-refractivity contribution >= 4 is 28.5 Å². The van der Waals surface area contributed by atoms with Crippen LogP contribution in [0.5, 0.6) is 0 Å². The van der Waals surface area contributed by atoms with Crippen molar-refractivity contribution in [3.05, 3.63) is 35.0 Å². The van der Waals surface area contributed by atoms with Gasteiger partial charge in [0.1, 0.15) is 5.58 Å². The predicted molar refractivity (Wildman–Crippen MR) is 77.0 cm³/mol. The van der Waals surface area contributed by atoms with Crippen LogP contribution in [0.4, 0.5) is 0 Å². The van der Waals surface area contributed by atoms with Crippen molar-refractivity contribution in [1.29, 1.82) is 0 Å². The summed E-state index contributed by atoms with van der Waals surface area (Å²) in [4.78, 5) is 12.3. The third kappa shape index (κ3) is 2.41. The minimum atomic E-state index is -0.492. The number of carbonyl (C=O) groups is 1. The average molecular weight is 294 g/mol. The average Bonchev–Trinajstić information content (AvgIpc) is 3.05. The molecule has 0 saturated heterocycles. The van der Waals surface area contributed by atoms with Crippen LogP contribution in [0.25, 0.3) is 11.0 Å². The zero-order valence-electron chi connectivity index (χ0n) is 11.0. The van der Waals surface area contributed by atoms with Gasteiger partial charge in [0.15, 0.2) is 5.76 Å². The number of hydrogen-bond donors (Lipinski definition) is 2. The number of halogens is 1. The lowest BCUT2D eigenvalue weighted by molar-refractivity contribution is 0.0813. The number of nitrogens with one attached hydrogen (secondary N) is 1. The van der Waals surface area contributed by atoms with Crippen molar-refractivity contribution in [3.8, 4) is 0 Å². The molecule has 0 bridgehead atoms. The van der Waals surface area contributed by atoms with E-state index in [1.807, 2.05) is 0 Å². The van der Waals surface area contributed by atoms with E-state index in [1.54, 1.807) is 24.3 Å². The Labute approximate surface area is 121 Å². The van der Waals surface area contributed by atoms with Crippen LogP contribution >= 0.6 is 11.6 Å². The van der Waals surface area contributed by atoms with E-state index >= 15 is 0 Å².